The summed E-state index contributed by atoms with van der Waals surface area (Å²) in [5.74, 6) is 0. The van der Waals surface area contributed by atoms with Crippen LogP contribution in [0.15, 0.2) is 18.2 Å². The molecule has 1 nitrogen and oxygen atoms in total. The SMILES string of the molecule is Clc1ccc[c]n1.[Br-].[Zn]. The van der Waals surface area contributed by atoms with Gasteiger partial charge in [-0.1, -0.05) is 17.7 Å². The molecule has 0 aliphatic rings. The average Bonchev–Trinajstić information content (AvgIpc) is 1.69. The first-order valence-corrected chi connectivity index (χ1v) is 2.26. The maximum atomic E-state index is 5.40. The zero-order chi connectivity index (χ0) is 5.11. The molecule has 0 saturated carbocycles. The summed E-state index contributed by atoms with van der Waals surface area (Å²) in [4.78, 5) is 3.62. The maximum Gasteiger partial charge on any atom is 0.129 e. The van der Waals surface area contributed by atoms with Crippen LogP contribution in [0.25, 0.3) is 0 Å². The van der Waals surface area contributed by atoms with Gasteiger partial charge in [-0.25, -0.2) is 4.98 Å². The van der Waals surface area contributed by atoms with E-state index in [1.165, 1.54) is 0 Å². The summed E-state index contributed by atoms with van der Waals surface area (Å²) in [5.41, 5.74) is 0. The third-order valence-electron chi connectivity index (χ3n) is 0.576. The van der Waals surface area contributed by atoms with Gasteiger partial charge in [-0.3, -0.25) is 0 Å². The van der Waals surface area contributed by atoms with Gasteiger partial charge in [0.05, 0.1) is 6.20 Å². The quantitative estimate of drug-likeness (QED) is 0.409. The summed E-state index contributed by atoms with van der Waals surface area (Å²) in [6.45, 7) is 0. The molecule has 0 amide bonds. The van der Waals surface area contributed by atoms with Crippen molar-refractivity contribution in [1.82, 2.24) is 4.98 Å². The van der Waals surface area contributed by atoms with E-state index in [9.17, 15) is 0 Å². The molecule has 0 unspecified atom stereocenters. The van der Waals surface area contributed by atoms with Crippen LogP contribution in [-0.4, -0.2) is 4.98 Å². The molecule has 1 radical (unpaired) electrons. The second-order valence-corrected chi connectivity index (χ2v) is 1.48. The first kappa shape index (κ1) is 12.2. The standard InChI is InChI=1S/C5H3ClN.BrH.Zn/c6-5-3-1-2-4-7-5;;/h1-3H;1H;/p-1. The number of aromatic nitrogens is 1. The number of pyridine rings is 1. The fraction of sp³-hybridized carbons (Fsp3) is 0. The van der Waals surface area contributed by atoms with E-state index in [-0.39, 0.29) is 36.5 Å². The molecule has 0 fully saturated rings. The normalized spacial score (nSPS) is 6.78. The Morgan fingerprint density at radius 3 is 2.44 bits per heavy atom. The maximum absolute atomic E-state index is 5.40. The van der Waals surface area contributed by atoms with Gasteiger partial charge < -0.3 is 17.0 Å². The van der Waals surface area contributed by atoms with E-state index in [0.717, 1.165) is 0 Å². The molecule has 45 valence electrons. The smallest absolute Gasteiger partial charge is 0.129 e. The van der Waals surface area contributed by atoms with Crippen LogP contribution in [-0.2, 0) is 19.5 Å². The molecule has 1 aromatic heterocycles. The molecule has 1 heterocycles. The zero-order valence-corrected chi connectivity index (χ0v) is 9.95. The van der Waals surface area contributed by atoms with Crippen molar-refractivity contribution in [3.05, 3.63) is 29.5 Å². The van der Waals surface area contributed by atoms with Crippen LogP contribution in [0.4, 0.5) is 0 Å². The zero-order valence-electron chi connectivity index (χ0n) is 4.64. The van der Waals surface area contributed by atoms with Crippen molar-refractivity contribution in [3.8, 4) is 0 Å². The molecule has 0 saturated heterocycles. The molecule has 9 heavy (non-hydrogen) atoms. The largest absolute Gasteiger partial charge is 1.00 e. The fourth-order valence-electron chi connectivity index (χ4n) is 0.307. The van der Waals surface area contributed by atoms with E-state index < -0.39 is 0 Å². The molecule has 4 heteroatoms. The van der Waals surface area contributed by atoms with Crippen molar-refractivity contribution >= 4 is 11.6 Å². The molecule has 1 aromatic rings. The van der Waals surface area contributed by atoms with Crippen LogP contribution >= 0.6 is 11.6 Å². The van der Waals surface area contributed by atoms with Crippen LogP contribution in [0.3, 0.4) is 0 Å². The Bertz CT molecular complexity index is 147. The molecule has 0 spiro atoms. The van der Waals surface area contributed by atoms with Gasteiger partial charge in [0.1, 0.15) is 5.15 Å². The Hall–Kier alpha value is 0.543. The summed E-state index contributed by atoms with van der Waals surface area (Å²) in [5, 5.41) is 0.488. The summed E-state index contributed by atoms with van der Waals surface area (Å²) in [6, 6.07) is 5.19. The third kappa shape index (κ3) is 5.01. The predicted molar refractivity (Wildman–Crippen MR) is 28.1 cm³/mol. The van der Waals surface area contributed by atoms with Gasteiger partial charge in [-0.2, -0.15) is 0 Å². The van der Waals surface area contributed by atoms with Crippen LogP contribution in [0.1, 0.15) is 0 Å². The van der Waals surface area contributed by atoms with Crippen LogP contribution in [0.2, 0.25) is 5.15 Å². The van der Waals surface area contributed by atoms with Gasteiger partial charge in [0.25, 0.3) is 0 Å². The Labute approximate surface area is 82.4 Å². The summed E-state index contributed by atoms with van der Waals surface area (Å²) in [6.07, 6.45) is 2.58. The van der Waals surface area contributed by atoms with E-state index in [2.05, 4.69) is 11.2 Å². The van der Waals surface area contributed by atoms with Gasteiger partial charge in [-0.15, -0.1) is 0 Å². The van der Waals surface area contributed by atoms with E-state index in [1.807, 2.05) is 0 Å². The number of halogens is 2. The number of hydrogen-bond donors (Lipinski definition) is 0. The molecular weight excluding hydrogens is 255 g/mol. The first-order chi connectivity index (χ1) is 3.39. The monoisotopic (exact) mass is 255 g/mol. The summed E-state index contributed by atoms with van der Waals surface area (Å²) >= 11 is 5.40. The Balaban J connectivity index is 0. The van der Waals surface area contributed by atoms with Crippen molar-refractivity contribution in [2.24, 2.45) is 0 Å². The van der Waals surface area contributed by atoms with Crippen molar-refractivity contribution in [1.29, 1.82) is 0 Å². The van der Waals surface area contributed by atoms with Gasteiger partial charge in [-0.05, 0) is 12.1 Å². The van der Waals surface area contributed by atoms with Crippen LogP contribution in [0, 0.1) is 6.20 Å². The number of rotatable bonds is 0. The van der Waals surface area contributed by atoms with Crippen LogP contribution in [0.5, 0.6) is 0 Å². The van der Waals surface area contributed by atoms with E-state index in [4.69, 9.17) is 11.6 Å². The molecule has 0 aliphatic carbocycles. The van der Waals surface area contributed by atoms with Gasteiger partial charge >= 0.3 is 0 Å². The molecular formula is C5H3BrClNZn-. The molecule has 0 N–H and O–H groups in total. The Morgan fingerprint density at radius 1 is 1.56 bits per heavy atom. The van der Waals surface area contributed by atoms with E-state index in [0.29, 0.717) is 5.15 Å². The average molecular weight is 258 g/mol. The summed E-state index contributed by atoms with van der Waals surface area (Å²) < 4.78 is 0. The summed E-state index contributed by atoms with van der Waals surface area (Å²) in [7, 11) is 0. The minimum atomic E-state index is 0. The molecule has 0 aliphatic heterocycles. The minimum absolute atomic E-state index is 0. The minimum Gasteiger partial charge on any atom is -1.00 e. The van der Waals surface area contributed by atoms with Gasteiger partial charge in [0, 0.05) is 19.5 Å². The second kappa shape index (κ2) is 6.66. The Morgan fingerprint density at radius 2 is 2.22 bits per heavy atom. The first-order valence-electron chi connectivity index (χ1n) is 1.88. The molecule has 0 bridgehead atoms. The van der Waals surface area contributed by atoms with Gasteiger partial charge in [0.2, 0.25) is 0 Å². The van der Waals surface area contributed by atoms with E-state index >= 15 is 0 Å². The van der Waals surface area contributed by atoms with Crippen molar-refractivity contribution in [2.75, 3.05) is 0 Å². The third-order valence-corrected chi connectivity index (χ3v) is 0.786. The molecule has 0 atom stereocenters. The second-order valence-electron chi connectivity index (χ2n) is 1.09. The number of nitrogens with zero attached hydrogens (tertiary/aromatic N) is 1. The Kier molecular flexibility index (Phi) is 9.06. The van der Waals surface area contributed by atoms with Crippen molar-refractivity contribution in [2.45, 2.75) is 0 Å². The predicted octanol–water partition coefficient (Wildman–Crippen LogP) is -1.46. The fourth-order valence-corrected chi connectivity index (χ4v) is 0.428. The molecule has 0 aromatic carbocycles. The molecule has 1 rings (SSSR count). The number of hydrogen-bond acceptors (Lipinski definition) is 1. The van der Waals surface area contributed by atoms with Crippen molar-refractivity contribution in [3.63, 3.8) is 0 Å². The van der Waals surface area contributed by atoms with Gasteiger partial charge in [0.15, 0.2) is 0 Å². The van der Waals surface area contributed by atoms with Crippen molar-refractivity contribution < 1.29 is 36.5 Å². The topological polar surface area (TPSA) is 12.9 Å². The van der Waals surface area contributed by atoms with E-state index in [1.54, 1.807) is 18.2 Å². The van der Waals surface area contributed by atoms with Crippen LogP contribution < -0.4 is 17.0 Å².